The zero-order valence-electron chi connectivity index (χ0n) is 13.4. The van der Waals surface area contributed by atoms with Crippen LogP contribution in [0.3, 0.4) is 0 Å². The molecule has 1 aromatic rings. The zero-order chi connectivity index (χ0) is 16.4. The van der Waals surface area contributed by atoms with Gasteiger partial charge in [-0.3, -0.25) is 4.79 Å². The summed E-state index contributed by atoms with van der Waals surface area (Å²) in [6.07, 6.45) is 6.28. The third-order valence-electron chi connectivity index (χ3n) is 5.01. The average Bonchev–Trinajstić information content (AvgIpc) is 3.10. The molecule has 1 saturated carbocycles. The molecule has 3 rings (SSSR count). The number of carboxylic acids is 1. The van der Waals surface area contributed by atoms with Crippen LogP contribution in [0.4, 0.5) is 0 Å². The highest BCUT2D eigenvalue weighted by atomic mass is 16.5. The van der Waals surface area contributed by atoms with Gasteiger partial charge in [0.1, 0.15) is 6.04 Å². The van der Waals surface area contributed by atoms with Crippen LogP contribution in [-0.4, -0.2) is 44.1 Å². The summed E-state index contributed by atoms with van der Waals surface area (Å²) in [5.74, 6) is 0.541. The smallest absolute Gasteiger partial charge is 0.326 e. The van der Waals surface area contributed by atoms with Crippen molar-refractivity contribution >= 4 is 11.9 Å². The monoisotopic (exact) mass is 321 g/mol. The largest absolute Gasteiger partial charge is 0.480 e. The van der Waals surface area contributed by atoms with E-state index in [1.807, 2.05) is 0 Å². The van der Waals surface area contributed by atoms with Gasteiger partial charge in [0.25, 0.3) is 0 Å². The van der Waals surface area contributed by atoms with Crippen molar-refractivity contribution < 1.29 is 19.2 Å². The summed E-state index contributed by atoms with van der Waals surface area (Å²) in [6.45, 7) is 1.75. The summed E-state index contributed by atoms with van der Waals surface area (Å²) in [5, 5.41) is 13.2. The Balaban J connectivity index is 1.60. The molecule has 7 nitrogen and oxygen atoms in total. The lowest BCUT2D eigenvalue weighted by Gasteiger charge is -2.33. The minimum Gasteiger partial charge on any atom is -0.480 e. The molecule has 1 aliphatic heterocycles. The van der Waals surface area contributed by atoms with E-state index in [2.05, 4.69) is 10.1 Å². The number of aliphatic carboxylic acids is 1. The molecular weight excluding hydrogens is 298 g/mol. The zero-order valence-corrected chi connectivity index (χ0v) is 13.4. The molecule has 1 aromatic heterocycles. The third kappa shape index (κ3) is 3.38. The number of fused-ring (bicyclic) bond motifs is 1. The standard InChI is InChI=1S/C16H23N3O4/c1-10-17-14(23-18-10)7-4-8-15(20)19-12-6-3-2-5-11(12)9-13(19)16(21)22/h11-13H,2-9H2,1H3,(H,21,22)/t11-,12+,13-/m0/s1. The van der Waals surface area contributed by atoms with Crippen LogP contribution < -0.4 is 0 Å². The van der Waals surface area contributed by atoms with E-state index in [-0.39, 0.29) is 11.9 Å². The number of amides is 1. The van der Waals surface area contributed by atoms with Gasteiger partial charge in [-0.05, 0) is 38.5 Å². The second-order valence-electron chi connectivity index (χ2n) is 6.59. The van der Waals surface area contributed by atoms with Gasteiger partial charge < -0.3 is 14.5 Å². The van der Waals surface area contributed by atoms with Gasteiger partial charge in [-0.2, -0.15) is 4.98 Å². The summed E-state index contributed by atoms with van der Waals surface area (Å²) in [4.78, 5) is 29.9. The van der Waals surface area contributed by atoms with Crippen molar-refractivity contribution in [2.75, 3.05) is 0 Å². The third-order valence-corrected chi connectivity index (χ3v) is 5.01. The van der Waals surface area contributed by atoms with Gasteiger partial charge in [-0.25, -0.2) is 4.79 Å². The van der Waals surface area contributed by atoms with Crippen molar-refractivity contribution in [3.05, 3.63) is 11.7 Å². The molecule has 0 radical (unpaired) electrons. The topological polar surface area (TPSA) is 96.5 Å². The van der Waals surface area contributed by atoms with E-state index in [4.69, 9.17) is 4.52 Å². The van der Waals surface area contributed by atoms with Crippen molar-refractivity contribution in [2.45, 2.75) is 70.4 Å². The Bertz CT molecular complexity index is 586. The Morgan fingerprint density at radius 3 is 2.83 bits per heavy atom. The van der Waals surface area contributed by atoms with Gasteiger partial charge in [-0.1, -0.05) is 18.0 Å². The number of likely N-dealkylation sites (tertiary alicyclic amines) is 1. The Labute approximate surface area is 135 Å². The molecule has 0 spiro atoms. The number of carboxylic acid groups (broad SMARTS) is 1. The first-order valence-corrected chi connectivity index (χ1v) is 8.39. The first-order valence-electron chi connectivity index (χ1n) is 8.39. The van der Waals surface area contributed by atoms with E-state index in [9.17, 15) is 14.7 Å². The van der Waals surface area contributed by atoms with Gasteiger partial charge >= 0.3 is 5.97 Å². The Morgan fingerprint density at radius 1 is 1.35 bits per heavy atom. The molecule has 2 aliphatic rings. The Kier molecular flexibility index (Phi) is 4.63. The first kappa shape index (κ1) is 16.0. The van der Waals surface area contributed by atoms with Crippen LogP contribution >= 0.6 is 0 Å². The quantitative estimate of drug-likeness (QED) is 0.890. The Hall–Kier alpha value is -1.92. The number of nitrogens with zero attached hydrogens (tertiary/aromatic N) is 3. The van der Waals surface area contributed by atoms with E-state index in [1.165, 1.54) is 0 Å². The SMILES string of the molecule is Cc1noc(CCCC(=O)N2[C@@H]3CCCC[C@H]3C[C@H]2C(=O)O)n1. The maximum Gasteiger partial charge on any atom is 0.326 e. The van der Waals surface area contributed by atoms with Gasteiger partial charge in [0.05, 0.1) is 0 Å². The normalized spacial score (nSPS) is 27.0. The van der Waals surface area contributed by atoms with E-state index >= 15 is 0 Å². The van der Waals surface area contributed by atoms with Gasteiger partial charge in [0.15, 0.2) is 5.82 Å². The number of aromatic nitrogens is 2. The highest BCUT2D eigenvalue weighted by Crippen LogP contribution is 2.40. The minimum absolute atomic E-state index is 0.0527. The number of rotatable bonds is 5. The Morgan fingerprint density at radius 2 is 2.13 bits per heavy atom. The second kappa shape index (κ2) is 6.68. The summed E-state index contributed by atoms with van der Waals surface area (Å²) >= 11 is 0. The van der Waals surface area contributed by atoms with Gasteiger partial charge in [0, 0.05) is 18.9 Å². The summed E-state index contributed by atoms with van der Waals surface area (Å²) in [5.41, 5.74) is 0. The molecule has 0 unspecified atom stereocenters. The predicted molar refractivity (Wildman–Crippen MR) is 80.6 cm³/mol. The van der Waals surface area contributed by atoms with Crippen molar-refractivity contribution in [3.8, 4) is 0 Å². The van der Waals surface area contributed by atoms with Crippen molar-refractivity contribution in [2.24, 2.45) is 5.92 Å². The molecule has 1 saturated heterocycles. The molecule has 1 amide bonds. The molecule has 0 bridgehead atoms. The minimum atomic E-state index is -0.875. The number of aryl methyl sites for hydroxylation is 2. The lowest BCUT2D eigenvalue weighted by atomic mass is 9.84. The van der Waals surface area contributed by atoms with Crippen LogP contribution in [0.25, 0.3) is 0 Å². The fourth-order valence-electron chi connectivity index (χ4n) is 4.00. The molecule has 1 aliphatic carbocycles. The molecule has 3 atom stereocenters. The van der Waals surface area contributed by atoms with Crippen molar-refractivity contribution in [3.63, 3.8) is 0 Å². The molecule has 1 N–H and O–H groups in total. The average molecular weight is 321 g/mol. The molecule has 7 heteroatoms. The van der Waals surface area contributed by atoms with Crippen molar-refractivity contribution in [1.29, 1.82) is 0 Å². The maximum atomic E-state index is 12.6. The fourth-order valence-corrected chi connectivity index (χ4v) is 4.00. The van der Waals surface area contributed by atoms with Gasteiger partial charge in [-0.15, -0.1) is 0 Å². The van der Waals surface area contributed by atoms with Crippen LogP contribution in [0.1, 0.15) is 56.7 Å². The molecule has 2 fully saturated rings. The van der Waals surface area contributed by atoms with E-state index in [1.54, 1.807) is 11.8 Å². The molecule has 23 heavy (non-hydrogen) atoms. The predicted octanol–water partition coefficient (Wildman–Crippen LogP) is 1.95. The number of hydrogen-bond acceptors (Lipinski definition) is 5. The van der Waals surface area contributed by atoms with Crippen LogP contribution in [0.15, 0.2) is 4.52 Å². The van der Waals surface area contributed by atoms with E-state index in [0.717, 1.165) is 25.7 Å². The van der Waals surface area contributed by atoms with Gasteiger partial charge in [0.2, 0.25) is 11.8 Å². The molecular formula is C16H23N3O4. The highest BCUT2D eigenvalue weighted by molar-refractivity contribution is 5.84. The molecule has 126 valence electrons. The van der Waals surface area contributed by atoms with Crippen LogP contribution in [-0.2, 0) is 16.0 Å². The number of hydrogen-bond donors (Lipinski definition) is 1. The van der Waals surface area contributed by atoms with Crippen molar-refractivity contribution in [1.82, 2.24) is 15.0 Å². The molecule has 2 heterocycles. The highest BCUT2D eigenvalue weighted by Gasteiger charge is 2.47. The lowest BCUT2D eigenvalue weighted by molar-refractivity contribution is -0.149. The number of carbonyl (C=O) groups excluding carboxylic acids is 1. The first-order chi connectivity index (χ1) is 11.1. The summed E-state index contributed by atoms with van der Waals surface area (Å²) < 4.78 is 5.04. The van der Waals surface area contributed by atoms with Crippen LogP contribution in [0, 0.1) is 12.8 Å². The van der Waals surface area contributed by atoms with E-state index in [0.29, 0.717) is 43.3 Å². The maximum absolute atomic E-state index is 12.6. The van der Waals surface area contributed by atoms with E-state index < -0.39 is 12.0 Å². The number of carbonyl (C=O) groups is 2. The lowest BCUT2D eigenvalue weighted by Crippen LogP contribution is -2.46. The fraction of sp³-hybridized carbons (Fsp3) is 0.750. The molecule has 0 aromatic carbocycles. The second-order valence-corrected chi connectivity index (χ2v) is 6.59. The van der Waals surface area contributed by atoms with Crippen LogP contribution in [0.5, 0.6) is 0 Å². The summed E-state index contributed by atoms with van der Waals surface area (Å²) in [7, 11) is 0. The summed E-state index contributed by atoms with van der Waals surface area (Å²) in [6, 6.07) is -0.538. The van der Waals surface area contributed by atoms with Crippen LogP contribution in [0.2, 0.25) is 0 Å².